The topological polar surface area (TPSA) is 74.8 Å². The molecule has 82 valence electrons. The number of aromatic amines is 1. The Kier molecular flexibility index (Phi) is 2.94. The lowest BCUT2D eigenvalue weighted by atomic mass is 10.0. The zero-order valence-corrected chi connectivity index (χ0v) is 8.81. The third kappa shape index (κ3) is 2.31. The van der Waals surface area contributed by atoms with Crippen molar-refractivity contribution in [3.63, 3.8) is 0 Å². The van der Waals surface area contributed by atoms with E-state index in [2.05, 4.69) is 27.5 Å². The van der Waals surface area contributed by atoms with Crippen molar-refractivity contribution in [2.24, 2.45) is 0 Å². The second kappa shape index (κ2) is 4.37. The maximum Gasteiger partial charge on any atom is 0.230 e. The molecule has 1 aliphatic heterocycles. The van der Waals surface area contributed by atoms with Gasteiger partial charge in [-0.25, -0.2) is 0 Å². The number of carbonyl (C=O) groups excluding carboxylic acids is 1. The molecule has 1 aliphatic rings. The van der Waals surface area contributed by atoms with E-state index in [1.165, 1.54) is 6.42 Å². The molecule has 1 saturated heterocycles. The van der Waals surface area contributed by atoms with Crippen molar-refractivity contribution in [3.8, 4) is 0 Å². The van der Waals surface area contributed by atoms with Gasteiger partial charge in [-0.15, -0.1) is 10.2 Å². The van der Waals surface area contributed by atoms with Gasteiger partial charge in [0.1, 0.15) is 0 Å². The fourth-order valence-electron chi connectivity index (χ4n) is 1.96. The van der Waals surface area contributed by atoms with Gasteiger partial charge in [-0.1, -0.05) is 5.21 Å². The molecule has 0 radical (unpaired) electrons. The fraction of sp³-hybridized carbons (Fsp3) is 0.778. The van der Waals surface area contributed by atoms with Crippen molar-refractivity contribution in [2.45, 2.75) is 38.6 Å². The van der Waals surface area contributed by atoms with Crippen LogP contribution in [0, 0.1) is 0 Å². The molecule has 1 N–H and O–H groups in total. The van der Waals surface area contributed by atoms with Crippen LogP contribution in [0.25, 0.3) is 0 Å². The predicted octanol–water partition coefficient (Wildman–Crippen LogP) is 0.143. The third-order valence-corrected chi connectivity index (χ3v) is 2.82. The Morgan fingerprint density at radius 3 is 3.13 bits per heavy atom. The Hall–Kier alpha value is -1.46. The molecular formula is C9H15N5O. The summed E-state index contributed by atoms with van der Waals surface area (Å²) in [6.07, 6.45) is 3.66. The molecule has 15 heavy (non-hydrogen) atoms. The number of H-pyrrole nitrogens is 1. The molecule has 6 heteroatoms. The van der Waals surface area contributed by atoms with E-state index >= 15 is 0 Å². The van der Waals surface area contributed by atoms with Gasteiger partial charge in [0.15, 0.2) is 5.82 Å². The highest BCUT2D eigenvalue weighted by Crippen LogP contribution is 2.16. The largest absolute Gasteiger partial charge is 0.340 e. The Labute approximate surface area is 88.0 Å². The van der Waals surface area contributed by atoms with E-state index in [-0.39, 0.29) is 12.3 Å². The molecule has 1 aromatic heterocycles. The quantitative estimate of drug-likeness (QED) is 0.752. The predicted molar refractivity (Wildman–Crippen MR) is 52.9 cm³/mol. The number of tetrazole rings is 1. The number of carbonyl (C=O) groups is 1. The molecule has 0 aromatic carbocycles. The highest BCUT2D eigenvalue weighted by Gasteiger charge is 2.23. The van der Waals surface area contributed by atoms with Crippen LogP contribution in [0.3, 0.4) is 0 Å². The van der Waals surface area contributed by atoms with Crippen LogP contribution in [0.4, 0.5) is 0 Å². The molecule has 0 saturated carbocycles. The van der Waals surface area contributed by atoms with Crippen molar-refractivity contribution >= 4 is 5.91 Å². The highest BCUT2D eigenvalue weighted by molar-refractivity contribution is 5.78. The first-order chi connectivity index (χ1) is 7.27. The summed E-state index contributed by atoms with van der Waals surface area (Å²) in [4.78, 5) is 13.8. The van der Waals surface area contributed by atoms with Crippen LogP contribution in [0.15, 0.2) is 0 Å². The Morgan fingerprint density at radius 1 is 1.60 bits per heavy atom. The summed E-state index contributed by atoms with van der Waals surface area (Å²) >= 11 is 0. The number of likely N-dealkylation sites (tertiary alicyclic amines) is 1. The molecular weight excluding hydrogens is 194 g/mol. The molecule has 0 aliphatic carbocycles. The molecule has 2 heterocycles. The average molecular weight is 209 g/mol. The van der Waals surface area contributed by atoms with Crippen LogP contribution in [-0.2, 0) is 11.2 Å². The number of aromatic nitrogens is 4. The number of rotatable bonds is 2. The van der Waals surface area contributed by atoms with Crippen molar-refractivity contribution < 1.29 is 4.79 Å². The molecule has 1 fully saturated rings. The van der Waals surface area contributed by atoms with Gasteiger partial charge in [0, 0.05) is 12.6 Å². The van der Waals surface area contributed by atoms with Gasteiger partial charge >= 0.3 is 0 Å². The van der Waals surface area contributed by atoms with Crippen molar-refractivity contribution in [1.82, 2.24) is 25.5 Å². The number of piperidine rings is 1. The monoisotopic (exact) mass is 209 g/mol. The second-order valence-electron chi connectivity index (χ2n) is 3.94. The third-order valence-electron chi connectivity index (χ3n) is 2.82. The van der Waals surface area contributed by atoms with E-state index in [1.54, 1.807) is 0 Å². The summed E-state index contributed by atoms with van der Waals surface area (Å²) in [6.45, 7) is 2.95. The molecule has 1 amide bonds. The lowest BCUT2D eigenvalue weighted by molar-refractivity contribution is -0.133. The minimum atomic E-state index is 0.101. The molecule has 1 aromatic rings. The van der Waals surface area contributed by atoms with Crippen molar-refractivity contribution in [1.29, 1.82) is 0 Å². The van der Waals surface area contributed by atoms with E-state index in [0.717, 1.165) is 19.4 Å². The van der Waals surface area contributed by atoms with Crippen LogP contribution in [0.2, 0.25) is 0 Å². The highest BCUT2D eigenvalue weighted by atomic mass is 16.2. The summed E-state index contributed by atoms with van der Waals surface area (Å²) < 4.78 is 0. The van der Waals surface area contributed by atoms with E-state index in [0.29, 0.717) is 11.9 Å². The van der Waals surface area contributed by atoms with E-state index < -0.39 is 0 Å². The number of amides is 1. The molecule has 1 atom stereocenters. The summed E-state index contributed by atoms with van der Waals surface area (Å²) in [6, 6.07) is 0.346. The SMILES string of the molecule is CC1CCCCN1C(=O)Cc1nn[nH]n1. The molecule has 6 nitrogen and oxygen atoms in total. The van der Waals surface area contributed by atoms with Crippen LogP contribution >= 0.6 is 0 Å². The first kappa shape index (κ1) is 10.1. The van der Waals surface area contributed by atoms with Crippen LogP contribution in [-0.4, -0.2) is 44.0 Å². The second-order valence-corrected chi connectivity index (χ2v) is 3.94. The zero-order valence-electron chi connectivity index (χ0n) is 8.81. The number of hydrogen-bond donors (Lipinski definition) is 1. The van der Waals surface area contributed by atoms with E-state index in [9.17, 15) is 4.79 Å². The molecule has 0 spiro atoms. The van der Waals surface area contributed by atoms with E-state index in [4.69, 9.17) is 0 Å². The van der Waals surface area contributed by atoms with Crippen LogP contribution in [0.5, 0.6) is 0 Å². The fourth-order valence-corrected chi connectivity index (χ4v) is 1.96. The van der Waals surface area contributed by atoms with Crippen molar-refractivity contribution in [2.75, 3.05) is 6.54 Å². The number of nitrogens with one attached hydrogen (secondary N) is 1. The zero-order chi connectivity index (χ0) is 10.7. The smallest absolute Gasteiger partial charge is 0.230 e. The van der Waals surface area contributed by atoms with Gasteiger partial charge in [-0.3, -0.25) is 4.79 Å². The molecule has 0 bridgehead atoms. The summed E-state index contributed by atoms with van der Waals surface area (Å²) in [5, 5.41) is 13.3. The minimum Gasteiger partial charge on any atom is -0.340 e. The average Bonchev–Trinajstić information content (AvgIpc) is 2.71. The Balaban J connectivity index is 1.95. The first-order valence-corrected chi connectivity index (χ1v) is 5.29. The Bertz CT molecular complexity index is 323. The summed E-state index contributed by atoms with van der Waals surface area (Å²) in [5.74, 6) is 0.571. The van der Waals surface area contributed by atoms with Gasteiger partial charge in [-0.05, 0) is 26.2 Å². The van der Waals surface area contributed by atoms with Gasteiger partial charge in [-0.2, -0.15) is 5.21 Å². The maximum atomic E-state index is 11.9. The standard InChI is InChI=1S/C9H15N5O/c1-7-4-2-3-5-14(7)9(15)6-8-10-12-13-11-8/h7H,2-6H2,1H3,(H,10,11,12,13). The normalized spacial score (nSPS) is 21.7. The van der Waals surface area contributed by atoms with Crippen LogP contribution in [0.1, 0.15) is 32.0 Å². The van der Waals surface area contributed by atoms with Gasteiger partial charge in [0.2, 0.25) is 5.91 Å². The minimum absolute atomic E-state index is 0.101. The van der Waals surface area contributed by atoms with Gasteiger partial charge < -0.3 is 4.90 Å². The van der Waals surface area contributed by atoms with Gasteiger partial charge in [0.25, 0.3) is 0 Å². The first-order valence-electron chi connectivity index (χ1n) is 5.29. The lowest BCUT2D eigenvalue weighted by Crippen LogP contribution is -2.42. The van der Waals surface area contributed by atoms with Gasteiger partial charge in [0.05, 0.1) is 6.42 Å². The lowest BCUT2D eigenvalue weighted by Gasteiger charge is -2.33. The number of hydrogen-bond acceptors (Lipinski definition) is 4. The van der Waals surface area contributed by atoms with E-state index in [1.807, 2.05) is 4.90 Å². The molecule has 2 rings (SSSR count). The summed E-state index contributed by atoms with van der Waals surface area (Å²) in [7, 11) is 0. The Morgan fingerprint density at radius 2 is 2.47 bits per heavy atom. The maximum absolute atomic E-state index is 11.9. The molecule has 1 unspecified atom stereocenters. The summed E-state index contributed by atoms with van der Waals surface area (Å²) in [5.41, 5.74) is 0. The van der Waals surface area contributed by atoms with Crippen LogP contribution < -0.4 is 0 Å². The van der Waals surface area contributed by atoms with Crippen molar-refractivity contribution in [3.05, 3.63) is 5.82 Å². The number of nitrogens with zero attached hydrogens (tertiary/aromatic N) is 4.